The van der Waals surface area contributed by atoms with Gasteiger partial charge in [0.2, 0.25) is 5.95 Å². The van der Waals surface area contributed by atoms with E-state index >= 15 is 0 Å². The van der Waals surface area contributed by atoms with Gasteiger partial charge < -0.3 is 10.1 Å². The van der Waals surface area contributed by atoms with Gasteiger partial charge in [0.25, 0.3) is 5.56 Å². The molecule has 2 aromatic carbocycles. The Morgan fingerprint density at radius 2 is 1.78 bits per heavy atom. The molecule has 0 amide bonds. The first kappa shape index (κ1) is 23.2. The summed E-state index contributed by atoms with van der Waals surface area (Å²) in [6, 6.07) is 14.7. The highest BCUT2D eigenvalue weighted by Gasteiger charge is 2.33. The second-order valence-electron chi connectivity index (χ2n) is 6.97. The molecule has 0 bridgehead atoms. The third-order valence-electron chi connectivity index (χ3n) is 4.98. The van der Waals surface area contributed by atoms with E-state index in [0.29, 0.717) is 11.6 Å². The zero-order valence-electron chi connectivity index (χ0n) is 18.3. The number of hydrogen-bond acceptors (Lipinski definition) is 5. The molecule has 1 atom stereocenters. The number of fused-ring (bicyclic) bond motifs is 1. The minimum Gasteiger partial charge on any atom is -0.487 e. The van der Waals surface area contributed by atoms with Crippen molar-refractivity contribution in [1.82, 2.24) is 9.66 Å². The standard InChI is InChI=1S/C21H19F3N4O2.C2H6/c1-13-16(21(22,23)24)9-6-10-17(13)30-12-15-11-18(29)28-20(25-15)26-19(27(28)2)14-7-4-3-5-8-14;1-2/h3-11,19H,12H2,1-2H3,(H,25,26);1-2H3. The number of nitrogens with one attached hydrogen (secondary N) is 1. The van der Waals surface area contributed by atoms with Crippen LogP contribution < -0.4 is 20.6 Å². The van der Waals surface area contributed by atoms with Crippen LogP contribution in [-0.2, 0) is 12.8 Å². The Kier molecular flexibility index (Phi) is 6.76. The maximum Gasteiger partial charge on any atom is 0.416 e. The molecule has 1 aromatic heterocycles. The van der Waals surface area contributed by atoms with Crippen molar-refractivity contribution >= 4 is 5.95 Å². The van der Waals surface area contributed by atoms with Gasteiger partial charge in [-0.25, -0.2) is 4.98 Å². The predicted octanol–water partition coefficient (Wildman–Crippen LogP) is 4.87. The second kappa shape index (κ2) is 9.33. The zero-order chi connectivity index (χ0) is 23.5. The summed E-state index contributed by atoms with van der Waals surface area (Å²) in [4.78, 5) is 17.0. The molecule has 0 fully saturated rings. The average Bonchev–Trinajstić information content (AvgIpc) is 3.11. The van der Waals surface area contributed by atoms with Crippen LogP contribution in [0.15, 0.2) is 59.4 Å². The first-order valence-corrected chi connectivity index (χ1v) is 10.2. The van der Waals surface area contributed by atoms with E-state index < -0.39 is 11.7 Å². The van der Waals surface area contributed by atoms with Crippen LogP contribution in [0.25, 0.3) is 0 Å². The fourth-order valence-electron chi connectivity index (χ4n) is 3.49. The van der Waals surface area contributed by atoms with Crippen LogP contribution in [0.4, 0.5) is 19.1 Å². The number of anilines is 1. The number of nitrogens with zero attached hydrogens (tertiary/aromatic N) is 3. The summed E-state index contributed by atoms with van der Waals surface area (Å²) >= 11 is 0. The van der Waals surface area contributed by atoms with Crippen LogP contribution in [0, 0.1) is 6.92 Å². The van der Waals surface area contributed by atoms with Gasteiger partial charge in [0.1, 0.15) is 18.5 Å². The summed E-state index contributed by atoms with van der Waals surface area (Å²) in [5, 5.41) is 4.93. The third-order valence-corrected chi connectivity index (χ3v) is 4.98. The van der Waals surface area contributed by atoms with Crippen molar-refractivity contribution in [2.45, 2.75) is 39.7 Å². The highest BCUT2D eigenvalue weighted by Crippen LogP contribution is 2.35. The van der Waals surface area contributed by atoms with Gasteiger partial charge in [-0.05, 0) is 24.6 Å². The van der Waals surface area contributed by atoms with E-state index in [1.807, 2.05) is 44.2 Å². The number of ether oxygens (including phenoxy) is 1. The van der Waals surface area contributed by atoms with Gasteiger partial charge in [-0.1, -0.05) is 50.2 Å². The molecule has 0 radical (unpaired) electrons. The average molecular weight is 446 g/mol. The fraction of sp³-hybridized carbons (Fsp3) is 0.304. The van der Waals surface area contributed by atoms with Gasteiger partial charge in [0, 0.05) is 18.7 Å². The summed E-state index contributed by atoms with van der Waals surface area (Å²) in [5.41, 5.74) is 0.202. The minimum atomic E-state index is -4.46. The fourth-order valence-corrected chi connectivity index (χ4v) is 3.49. The van der Waals surface area contributed by atoms with E-state index in [1.165, 1.54) is 29.8 Å². The van der Waals surface area contributed by atoms with Crippen LogP contribution in [0.3, 0.4) is 0 Å². The molecular weight excluding hydrogens is 421 g/mol. The lowest BCUT2D eigenvalue weighted by molar-refractivity contribution is -0.138. The molecule has 4 rings (SSSR count). The highest BCUT2D eigenvalue weighted by molar-refractivity contribution is 5.43. The summed E-state index contributed by atoms with van der Waals surface area (Å²) < 4.78 is 46.2. The van der Waals surface area contributed by atoms with Gasteiger partial charge in [-0.15, -0.1) is 0 Å². The first-order chi connectivity index (χ1) is 15.3. The van der Waals surface area contributed by atoms with Crippen molar-refractivity contribution < 1.29 is 17.9 Å². The Bertz CT molecular complexity index is 1130. The molecule has 0 saturated carbocycles. The molecule has 1 unspecified atom stereocenters. The van der Waals surface area contributed by atoms with Crippen molar-refractivity contribution in [2.75, 3.05) is 17.4 Å². The van der Waals surface area contributed by atoms with Crippen molar-refractivity contribution in [1.29, 1.82) is 0 Å². The van der Waals surface area contributed by atoms with Gasteiger partial charge in [-0.2, -0.15) is 17.8 Å². The number of hydrogen-bond donors (Lipinski definition) is 1. The predicted molar refractivity (Wildman–Crippen MR) is 117 cm³/mol. The van der Waals surface area contributed by atoms with E-state index in [2.05, 4.69) is 10.3 Å². The van der Waals surface area contributed by atoms with Crippen molar-refractivity contribution in [3.63, 3.8) is 0 Å². The van der Waals surface area contributed by atoms with Crippen LogP contribution >= 0.6 is 0 Å². The number of rotatable bonds is 4. The van der Waals surface area contributed by atoms with Gasteiger partial charge in [-0.3, -0.25) is 9.80 Å². The van der Waals surface area contributed by atoms with Crippen molar-refractivity contribution in [2.24, 2.45) is 0 Å². The molecule has 0 aliphatic carbocycles. The molecule has 3 aromatic rings. The Balaban J connectivity index is 0.00000141. The summed E-state index contributed by atoms with van der Waals surface area (Å²) in [7, 11) is 1.77. The zero-order valence-corrected chi connectivity index (χ0v) is 18.3. The molecule has 6 nitrogen and oxygen atoms in total. The van der Waals surface area contributed by atoms with E-state index in [4.69, 9.17) is 4.74 Å². The Morgan fingerprint density at radius 1 is 1.09 bits per heavy atom. The smallest absolute Gasteiger partial charge is 0.416 e. The number of benzene rings is 2. The van der Waals surface area contributed by atoms with Crippen LogP contribution in [0.1, 0.15) is 42.4 Å². The molecule has 32 heavy (non-hydrogen) atoms. The number of halogens is 3. The molecule has 1 aliphatic rings. The minimum absolute atomic E-state index is 0.00937. The van der Waals surface area contributed by atoms with Gasteiger partial charge >= 0.3 is 6.18 Å². The van der Waals surface area contributed by atoms with Crippen molar-refractivity contribution in [3.05, 3.63) is 87.3 Å². The van der Waals surface area contributed by atoms with Gasteiger partial charge in [0.15, 0.2) is 0 Å². The first-order valence-electron chi connectivity index (χ1n) is 10.2. The normalized spacial score (nSPS) is 14.8. The maximum absolute atomic E-state index is 13.1. The van der Waals surface area contributed by atoms with Crippen LogP contribution in [-0.4, -0.2) is 16.7 Å². The quantitative estimate of drug-likeness (QED) is 0.620. The lowest BCUT2D eigenvalue weighted by atomic mass is 10.1. The van der Waals surface area contributed by atoms with Crippen LogP contribution in [0.5, 0.6) is 5.75 Å². The number of aromatic nitrogens is 2. The van der Waals surface area contributed by atoms with Gasteiger partial charge in [0.05, 0.1) is 11.3 Å². The van der Waals surface area contributed by atoms with E-state index in [-0.39, 0.29) is 29.6 Å². The summed E-state index contributed by atoms with van der Waals surface area (Å²) in [6.45, 7) is 5.22. The molecule has 1 aliphatic heterocycles. The molecule has 1 N–H and O–H groups in total. The van der Waals surface area contributed by atoms with E-state index in [0.717, 1.165) is 11.6 Å². The molecule has 2 heterocycles. The lowest BCUT2D eigenvalue weighted by Gasteiger charge is -2.21. The van der Waals surface area contributed by atoms with E-state index in [9.17, 15) is 18.0 Å². The molecule has 9 heteroatoms. The largest absolute Gasteiger partial charge is 0.487 e. The maximum atomic E-state index is 13.1. The Hall–Kier alpha value is -3.49. The number of alkyl halides is 3. The molecule has 0 spiro atoms. The third kappa shape index (κ3) is 4.56. The van der Waals surface area contributed by atoms with Crippen molar-refractivity contribution in [3.8, 4) is 5.75 Å². The summed E-state index contributed by atoms with van der Waals surface area (Å²) in [5.74, 6) is 0.442. The lowest BCUT2D eigenvalue weighted by Crippen LogP contribution is -2.37. The molecular formula is C23H25F3N4O2. The second-order valence-corrected chi connectivity index (χ2v) is 6.97. The molecule has 170 valence electrons. The highest BCUT2D eigenvalue weighted by atomic mass is 19.4. The van der Waals surface area contributed by atoms with E-state index in [1.54, 1.807) is 12.1 Å². The van der Waals surface area contributed by atoms with Crippen LogP contribution in [0.2, 0.25) is 0 Å². The summed E-state index contributed by atoms with van der Waals surface area (Å²) in [6.07, 6.45) is -4.73. The monoisotopic (exact) mass is 446 g/mol. The topological polar surface area (TPSA) is 59.4 Å². The SMILES string of the molecule is CC.Cc1c(OCc2cc(=O)n3c(n2)NC(c2ccccc2)N3C)cccc1C(F)(F)F. The Morgan fingerprint density at radius 3 is 2.44 bits per heavy atom. The Labute approximate surface area is 184 Å². The molecule has 0 saturated heterocycles.